The summed E-state index contributed by atoms with van der Waals surface area (Å²) in [5.41, 5.74) is 0.101. The fraction of sp³-hybridized carbons (Fsp3) is 0.500. The lowest BCUT2D eigenvalue weighted by Gasteiger charge is -2.43. The van der Waals surface area contributed by atoms with Crippen LogP contribution in [-0.2, 0) is 33.3 Å². The van der Waals surface area contributed by atoms with E-state index in [1.165, 1.54) is 32.0 Å². The second-order valence-corrected chi connectivity index (χ2v) is 6.78. The molecule has 164 valence electrons. The molecule has 0 aromatic heterocycles. The van der Waals surface area contributed by atoms with Gasteiger partial charge in [-0.25, -0.2) is 0 Å². The first-order valence-corrected chi connectivity index (χ1v) is 9.17. The third-order valence-corrected chi connectivity index (χ3v) is 4.23. The number of phenols is 1. The lowest BCUT2D eigenvalue weighted by molar-refractivity contribution is -0.280. The zero-order valence-electron chi connectivity index (χ0n) is 17.2. The van der Waals surface area contributed by atoms with Crippen LogP contribution in [0.1, 0.15) is 45.0 Å². The zero-order valence-corrected chi connectivity index (χ0v) is 17.2. The van der Waals surface area contributed by atoms with Gasteiger partial charge in [0, 0.05) is 26.8 Å². The van der Waals surface area contributed by atoms with Gasteiger partial charge in [-0.2, -0.15) is 0 Å². The number of carbonyl (C=O) groups excluding carboxylic acids is 4. The summed E-state index contributed by atoms with van der Waals surface area (Å²) in [7, 11) is 0. The second-order valence-electron chi connectivity index (χ2n) is 6.78. The van der Waals surface area contributed by atoms with Gasteiger partial charge in [-0.3, -0.25) is 19.2 Å². The summed E-state index contributed by atoms with van der Waals surface area (Å²) in [6.07, 6.45) is -5.58. The van der Waals surface area contributed by atoms with E-state index in [0.717, 1.165) is 13.8 Å². The van der Waals surface area contributed by atoms with Crippen molar-refractivity contribution in [2.24, 2.45) is 0 Å². The molecule has 1 heterocycles. The average Bonchev–Trinajstić information content (AvgIpc) is 2.60. The molecule has 2 rings (SSSR count). The molecule has 0 amide bonds. The van der Waals surface area contributed by atoms with Crippen LogP contribution in [0.25, 0.3) is 0 Å². The van der Waals surface area contributed by atoms with E-state index in [2.05, 4.69) is 0 Å². The Morgan fingerprint density at radius 1 is 0.867 bits per heavy atom. The maximum absolute atomic E-state index is 11.7. The van der Waals surface area contributed by atoms with E-state index in [0.29, 0.717) is 0 Å². The molecule has 30 heavy (non-hydrogen) atoms. The summed E-state index contributed by atoms with van der Waals surface area (Å²) < 4.78 is 27.2. The van der Waals surface area contributed by atoms with Crippen LogP contribution in [0.15, 0.2) is 18.2 Å². The van der Waals surface area contributed by atoms with Gasteiger partial charge in [0.1, 0.15) is 11.5 Å². The maximum atomic E-state index is 11.7. The van der Waals surface area contributed by atoms with E-state index in [1.807, 2.05) is 0 Å². The van der Waals surface area contributed by atoms with Gasteiger partial charge >= 0.3 is 17.9 Å². The largest absolute Gasteiger partial charge is 0.507 e. The Hall–Kier alpha value is -3.14. The highest BCUT2D eigenvalue weighted by atomic mass is 16.7. The maximum Gasteiger partial charge on any atom is 0.303 e. The van der Waals surface area contributed by atoms with Gasteiger partial charge in [0.2, 0.25) is 12.4 Å². The van der Waals surface area contributed by atoms with Gasteiger partial charge in [0.15, 0.2) is 18.0 Å². The molecule has 1 aromatic rings. The number of ether oxygens (including phenoxy) is 5. The molecule has 0 radical (unpaired) electrons. The molecule has 10 heteroatoms. The third kappa shape index (κ3) is 5.69. The molecule has 1 N–H and O–H groups in total. The Bertz CT molecular complexity index is 833. The Labute approximate surface area is 173 Å². The van der Waals surface area contributed by atoms with Crippen molar-refractivity contribution in [1.82, 2.24) is 0 Å². The van der Waals surface area contributed by atoms with Gasteiger partial charge in [0.25, 0.3) is 0 Å². The van der Waals surface area contributed by atoms with Gasteiger partial charge in [-0.1, -0.05) is 0 Å². The molecule has 1 aromatic carbocycles. The van der Waals surface area contributed by atoms with Crippen molar-refractivity contribution in [3.8, 4) is 11.5 Å². The Morgan fingerprint density at radius 2 is 1.40 bits per heavy atom. The van der Waals surface area contributed by atoms with E-state index in [1.54, 1.807) is 6.92 Å². The number of hydrogen-bond donors (Lipinski definition) is 1. The topological polar surface area (TPSA) is 135 Å². The highest BCUT2D eigenvalue weighted by Gasteiger charge is 2.51. The van der Waals surface area contributed by atoms with E-state index in [4.69, 9.17) is 23.7 Å². The van der Waals surface area contributed by atoms with Crippen LogP contribution < -0.4 is 4.74 Å². The normalized spacial score (nSPS) is 25.7. The molecule has 5 atom stereocenters. The first kappa shape index (κ1) is 23.1. The highest BCUT2D eigenvalue weighted by molar-refractivity contribution is 5.96. The number of benzene rings is 1. The fourth-order valence-electron chi connectivity index (χ4n) is 3.08. The molecule has 0 aliphatic carbocycles. The first-order valence-electron chi connectivity index (χ1n) is 9.17. The number of carbonyl (C=O) groups is 4. The third-order valence-electron chi connectivity index (χ3n) is 4.23. The van der Waals surface area contributed by atoms with Gasteiger partial charge in [-0.05, 0) is 26.0 Å². The van der Waals surface area contributed by atoms with E-state index in [-0.39, 0.29) is 22.8 Å². The molecular weight excluding hydrogens is 400 g/mol. The standard InChI is InChI=1S/C20H24O10/c1-9(21)15-7-6-14(8-16(15)25)30-20-19(29-13(5)24)18(28-12(4)23)17(10(2)26-20)27-11(3)22/h6-8,10,17-20,25H,1-5H3/t10-,17-,18+,19-,20+/m0/s1. The number of rotatable bonds is 6. The van der Waals surface area contributed by atoms with Crippen molar-refractivity contribution in [3.63, 3.8) is 0 Å². The van der Waals surface area contributed by atoms with Gasteiger partial charge in [0.05, 0.1) is 11.7 Å². The minimum absolute atomic E-state index is 0.101. The van der Waals surface area contributed by atoms with Crippen LogP contribution in [0.3, 0.4) is 0 Å². The van der Waals surface area contributed by atoms with Crippen LogP contribution in [0.4, 0.5) is 0 Å². The SMILES string of the molecule is CC(=O)O[C@H]1[C@H](OC(C)=O)[C@@H](Oc2ccc(C(C)=O)c(O)c2)O[C@@H](C)[C@@H]1OC(C)=O. The molecule has 0 saturated carbocycles. The molecule has 0 spiro atoms. The quantitative estimate of drug-likeness (QED) is 0.407. The highest BCUT2D eigenvalue weighted by Crippen LogP contribution is 2.32. The number of esters is 3. The van der Waals surface area contributed by atoms with Crippen LogP contribution >= 0.6 is 0 Å². The fourth-order valence-corrected chi connectivity index (χ4v) is 3.08. The van der Waals surface area contributed by atoms with Crippen molar-refractivity contribution in [2.75, 3.05) is 0 Å². The van der Waals surface area contributed by atoms with Gasteiger partial charge in [-0.15, -0.1) is 0 Å². The average molecular weight is 424 g/mol. The molecule has 1 aliphatic heterocycles. The molecular formula is C20H24O10. The van der Waals surface area contributed by atoms with Crippen molar-refractivity contribution < 1.29 is 48.0 Å². The Kier molecular flexibility index (Phi) is 7.38. The Morgan fingerprint density at radius 3 is 1.90 bits per heavy atom. The molecule has 0 unspecified atom stereocenters. The predicted octanol–water partition coefficient (Wildman–Crippen LogP) is 1.51. The summed E-state index contributed by atoms with van der Waals surface area (Å²) in [6.45, 7) is 6.36. The van der Waals surface area contributed by atoms with Crippen molar-refractivity contribution in [1.29, 1.82) is 0 Å². The Balaban J connectivity index is 2.37. The van der Waals surface area contributed by atoms with Crippen molar-refractivity contribution >= 4 is 23.7 Å². The monoisotopic (exact) mass is 424 g/mol. The zero-order chi connectivity index (χ0) is 22.6. The second kappa shape index (κ2) is 9.57. The summed E-state index contributed by atoms with van der Waals surface area (Å²) in [5, 5.41) is 10.0. The summed E-state index contributed by atoms with van der Waals surface area (Å²) in [5.74, 6) is -2.57. The smallest absolute Gasteiger partial charge is 0.303 e. The van der Waals surface area contributed by atoms with Gasteiger partial charge < -0.3 is 28.8 Å². The number of Topliss-reactive ketones (excluding diaryl/α,β-unsaturated/α-hetero) is 1. The predicted molar refractivity (Wildman–Crippen MR) is 99.7 cm³/mol. The van der Waals surface area contributed by atoms with Crippen molar-refractivity contribution in [3.05, 3.63) is 23.8 Å². The minimum Gasteiger partial charge on any atom is -0.507 e. The molecule has 10 nitrogen and oxygen atoms in total. The summed E-state index contributed by atoms with van der Waals surface area (Å²) in [6, 6.07) is 3.99. The molecule has 0 bridgehead atoms. The van der Waals surface area contributed by atoms with Crippen LogP contribution in [0.5, 0.6) is 11.5 Å². The number of phenolic OH excluding ortho intramolecular Hbond substituents is 1. The molecule has 1 fully saturated rings. The minimum atomic E-state index is -1.28. The lowest BCUT2D eigenvalue weighted by atomic mass is 9.99. The van der Waals surface area contributed by atoms with Crippen molar-refractivity contribution in [2.45, 2.75) is 65.3 Å². The molecule has 1 aliphatic rings. The summed E-state index contributed by atoms with van der Waals surface area (Å²) >= 11 is 0. The number of aromatic hydroxyl groups is 1. The van der Waals surface area contributed by atoms with E-state index < -0.39 is 48.6 Å². The number of ketones is 1. The van der Waals surface area contributed by atoms with Crippen LogP contribution in [0.2, 0.25) is 0 Å². The first-order chi connectivity index (χ1) is 14.0. The van der Waals surface area contributed by atoms with E-state index >= 15 is 0 Å². The van der Waals surface area contributed by atoms with Crippen LogP contribution in [-0.4, -0.2) is 59.5 Å². The van der Waals surface area contributed by atoms with Crippen LogP contribution in [0, 0.1) is 0 Å². The lowest BCUT2D eigenvalue weighted by Crippen LogP contribution is -2.62. The summed E-state index contributed by atoms with van der Waals surface area (Å²) in [4.78, 5) is 46.3. The van der Waals surface area contributed by atoms with E-state index in [9.17, 15) is 24.3 Å². The number of hydrogen-bond acceptors (Lipinski definition) is 10. The molecule has 1 saturated heterocycles.